The van der Waals surface area contributed by atoms with Crippen molar-refractivity contribution in [2.75, 3.05) is 5.75 Å². The van der Waals surface area contributed by atoms with E-state index in [1.807, 2.05) is 25.1 Å². The standard InChI is InChI=1S/C14H14FNOS/c1-10-5-6-11(8-16-10)14(17)9-18-13-4-2-3-12(15)7-13/h2-8,14,17H,9H2,1H3. The average Bonchev–Trinajstić information content (AvgIpc) is 2.37. The van der Waals surface area contributed by atoms with Gasteiger partial charge in [0.15, 0.2) is 0 Å². The summed E-state index contributed by atoms with van der Waals surface area (Å²) in [4.78, 5) is 4.95. The second kappa shape index (κ2) is 5.98. The zero-order valence-corrected chi connectivity index (χ0v) is 10.8. The van der Waals surface area contributed by atoms with E-state index in [2.05, 4.69) is 4.98 Å². The molecule has 0 aliphatic heterocycles. The second-order valence-corrected chi connectivity index (χ2v) is 5.11. The predicted octanol–water partition coefficient (Wildman–Crippen LogP) is 3.35. The van der Waals surface area contributed by atoms with Gasteiger partial charge >= 0.3 is 0 Å². The maximum Gasteiger partial charge on any atom is 0.124 e. The summed E-state index contributed by atoms with van der Waals surface area (Å²) in [5.41, 5.74) is 1.70. The Balaban J connectivity index is 1.96. The molecule has 1 unspecified atom stereocenters. The van der Waals surface area contributed by atoms with Crippen LogP contribution in [0.15, 0.2) is 47.5 Å². The minimum atomic E-state index is -0.591. The van der Waals surface area contributed by atoms with Crippen LogP contribution in [0.4, 0.5) is 4.39 Å². The van der Waals surface area contributed by atoms with E-state index in [0.29, 0.717) is 5.75 Å². The molecule has 0 fully saturated rings. The average molecular weight is 263 g/mol. The number of thioether (sulfide) groups is 1. The van der Waals surface area contributed by atoms with E-state index in [1.54, 1.807) is 12.3 Å². The molecule has 18 heavy (non-hydrogen) atoms. The van der Waals surface area contributed by atoms with Crippen LogP contribution in [0.1, 0.15) is 17.4 Å². The molecular weight excluding hydrogens is 249 g/mol. The van der Waals surface area contributed by atoms with Gasteiger partial charge in [0.1, 0.15) is 5.82 Å². The Bertz CT molecular complexity index is 515. The first-order valence-electron chi connectivity index (χ1n) is 5.64. The lowest BCUT2D eigenvalue weighted by molar-refractivity contribution is 0.203. The number of aliphatic hydroxyl groups is 1. The zero-order valence-electron chi connectivity index (χ0n) is 10.0. The monoisotopic (exact) mass is 263 g/mol. The van der Waals surface area contributed by atoms with E-state index in [-0.39, 0.29) is 5.82 Å². The van der Waals surface area contributed by atoms with E-state index in [9.17, 15) is 9.50 Å². The smallest absolute Gasteiger partial charge is 0.124 e. The van der Waals surface area contributed by atoms with Crippen LogP contribution in [-0.4, -0.2) is 15.8 Å². The quantitative estimate of drug-likeness (QED) is 0.859. The number of aryl methyl sites for hydroxylation is 1. The molecule has 94 valence electrons. The molecule has 1 heterocycles. The van der Waals surface area contributed by atoms with E-state index < -0.39 is 6.10 Å². The summed E-state index contributed by atoms with van der Waals surface area (Å²) >= 11 is 1.42. The molecule has 0 saturated heterocycles. The van der Waals surface area contributed by atoms with Crippen LogP contribution in [-0.2, 0) is 0 Å². The van der Waals surface area contributed by atoms with Gasteiger partial charge in [-0.25, -0.2) is 4.39 Å². The number of aliphatic hydroxyl groups excluding tert-OH is 1. The molecule has 2 rings (SSSR count). The summed E-state index contributed by atoms with van der Waals surface area (Å²) in [6, 6.07) is 10.1. The lowest BCUT2D eigenvalue weighted by Gasteiger charge is -2.10. The minimum Gasteiger partial charge on any atom is -0.387 e. The van der Waals surface area contributed by atoms with Gasteiger partial charge in [-0.05, 0) is 36.8 Å². The van der Waals surface area contributed by atoms with Crippen LogP contribution in [0.2, 0.25) is 0 Å². The number of benzene rings is 1. The Morgan fingerprint density at radius 1 is 1.33 bits per heavy atom. The summed E-state index contributed by atoms with van der Waals surface area (Å²) in [7, 11) is 0. The number of nitrogens with zero attached hydrogens (tertiary/aromatic N) is 1. The molecule has 1 aromatic heterocycles. The Hall–Kier alpha value is -1.39. The predicted molar refractivity (Wildman–Crippen MR) is 71.1 cm³/mol. The molecule has 0 aliphatic rings. The summed E-state index contributed by atoms with van der Waals surface area (Å²) in [5.74, 6) is 0.222. The lowest BCUT2D eigenvalue weighted by Crippen LogP contribution is -2.01. The number of pyridine rings is 1. The fourth-order valence-electron chi connectivity index (χ4n) is 1.50. The van der Waals surface area contributed by atoms with Crippen molar-refractivity contribution < 1.29 is 9.50 Å². The molecule has 0 amide bonds. The van der Waals surface area contributed by atoms with Crippen molar-refractivity contribution in [3.05, 3.63) is 59.7 Å². The molecule has 2 aromatic rings. The largest absolute Gasteiger partial charge is 0.387 e. The Morgan fingerprint density at radius 3 is 2.83 bits per heavy atom. The van der Waals surface area contributed by atoms with E-state index in [4.69, 9.17) is 0 Å². The third-order valence-electron chi connectivity index (χ3n) is 2.52. The normalized spacial score (nSPS) is 12.4. The first-order chi connectivity index (χ1) is 8.65. The summed E-state index contributed by atoms with van der Waals surface area (Å²) in [5, 5.41) is 9.99. The Kier molecular flexibility index (Phi) is 4.33. The highest BCUT2D eigenvalue weighted by Crippen LogP contribution is 2.24. The molecule has 4 heteroatoms. The fraction of sp³-hybridized carbons (Fsp3) is 0.214. The molecule has 1 aromatic carbocycles. The maximum atomic E-state index is 13.0. The Labute approximate surface area is 110 Å². The van der Waals surface area contributed by atoms with Gasteiger partial charge in [-0.2, -0.15) is 0 Å². The van der Waals surface area contributed by atoms with Crippen molar-refractivity contribution in [3.8, 4) is 0 Å². The summed E-state index contributed by atoms with van der Waals surface area (Å²) < 4.78 is 13.0. The fourth-order valence-corrected chi connectivity index (χ4v) is 2.42. The van der Waals surface area contributed by atoms with Crippen molar-refractivity contribution in [1.82, 2.24) is 4.98 Å². The molecule has 1 atom stereocenters. The topological polar surface area (TPSA) is 33.1 Å². The molecule has 0 saturated carbocycles. The first kappa shape index (κ1) is 13.1. The van der Waals surface area contributed by atoms with Gasteiger partial charge in [0.25, 0.3) is 0 Å². The molecule has 0 spiro atoms. The number of aromatic nitrogens is 1. The van der Waals surface area contributed by atoms with Gasteiger partial charge in [0.05, 0.1) is 6.10 Å². The molecular formula is C14H14FNOS. The molecule has 0 bridgehead atoms. The third kappa shape index (κ3) is 3.55. The SMILES string of the molecule is Cc1ccc(C(O)CSc2cccc(F)c2)cn1. The molecule has 0 radical (unpaired) electrons. The highest BCUT2D eigenvalue weighted by Gasteiger charge is 2.08. The minimum absolute atomic E-state index is 0.258. The van der Waals surface area contributed by atoms with E-state index >= 15 is 0 Å². The van der Waals surface area contributed by atoms with Gasteiger partial charge < -0.3 is 5.11 Å². The van der Waals surface area contributed by atoms with Gasteiger partial charge in [-0.3, -0.25) is 4.98 Å². The van der Waals surface area contributed by atoms with Crippen LogP contribution < -0.4 is 0 Å². The van der Waals surface area contributed by atoms with Crippen LogP contribution in [0, 0.1) is 12.7 Å². The van der Waals surface area contributed by atoms with Crippen LogP contribution in [0.5, 0.6) is 0 Å². The van der Waals surface area contributed by atoms with Crippen molar-refractivity contribution >= 4 is 11.8 Å². The van der Waals surface area contributed by atoms with Crippen LogP contribution in [0.3, 0.4) is 0 Å². The van der Waals surface area contributed by atoms with Gasteiger partial charge in [-0.1, -0.05) is 12.1 Å². The van der Waals surface area contributed by atoms with Gasteiger partial charge in [-0.15, -0.1) is 11.8 Å². The van der Waals surface area contributed by atoms with Gasteiger partial charge in [0, 0.05) is 22.5 Å². The number of hydrogen-bond donors (Lipinski definition) is 1. The molecule has 0 aliphatic carbocycles. The van der Waals surface area contributed by atoms with Crippen molar-refractivity contribution in [2.24, 2.45) is 0 Å². The van der Waals surface area contributed by atoms with Crippen LogP contribution >= 0.6 is 11.8 Å². The zero-order chi connectivity index (χ0) is 13.0. The summed E-state index contributed by atoms with van der Waals surface area (Å²) in [6.45, 7) is 1.90. The number of rotatable bonds is 4. The van der Waals surface area contributed by atoms with E-state index in [0.717, 1.165) is 16.2 Å². The first-order valence-corrected chi connectivity index (χ1v) is 6.63. The highest BCUT2D eigenvalue weighted by molar-refractivity contribution is 7.99. The number of hydrogen-bond acceptors (Lipinski definition) is 3. The lowest BCUT2D eigenvalue weighted by atomic mass is 10.2. The number of halogens is 1. The Morgan fingerprint density at radius 2 is 2.17 bits per heavy atom. The third-order valence-corrected chi connectivity index (χ3v) is 3.59. The molecule has 2 nitrogen and oxygen atoms in total. The van der Waals surface area contributed by atoms with Gasteiger partial charge in [0.2, 0.25) is 0 Å². The van der Waals surface area contributed by atoms with Crippen molar-refractivity contribution in [3.63, 3.8) is 0 Å². The van der Waals surface area contributed by atoms with E-state index in [1.165, 1.54) is 23.9 Å². The van der Waals surface area contributed by atoms with Crippen molar-refractivity contribution in [2.45, 2.75) is 17.9 Å². The van der Waals surface area contributed by atoms with Crippen LogP contribution in [0.25, 0.3) is 0 Å². The highest BCUT2D eigenvalue weighted by atomic mass is 32.2. The maximum absolute atomic E-state index is 13.0. The second-order valence-electron chi connectivity index (χ2n) is 4.02. The van der Waals surface area contributed by atoms with Crippen molar-refractivity contribution in [1.29, 1.82) is 0 Å². The summed E-state index contributed by atoms with van der Waals surface area (Å²) in [6.07, 6.45) is 1.08. The molecule has 1 N–H and O–H groups in total.